The van der Waals surface area contributed by atoms with Crippen LogP contribution in [0.25, 0.3) is 10.9 Å². The Kier molecular flexibility index (Phi) is 4.29. The Hall–Kier alpha value is -2.01. The summed E-state index contributed by atoms with van der Waals surface area (Å²) in [6, 6.07) is 6.88. The number of rotatable bonds is 5. The van der Waals surface area contributed by atoms with Crippen molar-refractivity contribution in [2.45, 2.75) is 25.8 Å². The highest BCUT2D eigenvalue weighted by Crippen LogP contribution is 2.20. The molecule has 0 saturated carbocycles. The molecule has 5 nitrogen and oxygen atoms in total. The van der Waals surface area contributed by atoms with Gasteiger partial charge in [-0.3, -0.25) is 9.59 Å². The SMILES string of the molecule is CC(CCC(=O)O)NC(=O)c1cc2ccc(Cl)cc2[nH]1. The number of carbonyl (C=O) groups excluding carboxylic acids is 1. The number of benzene rings is 1. The number of halogens is 1. The summed E-state index contributed by atoms with van der Waals surface area (Å²) in [5.74, 6) is -1.12. The molecule has 0 radical (unpaired) electrons. The predicted molar refractivity (Wildman–Crippen MR) is 77.1 cm³/mol. The van der Waals surface area contributed by atoms with Gasteiger partial charge in [0, 0.05) is 28.4 Å². The summed E-state index contributed by atoms with van der Waals surface area (Å²) < 4.78 is 0. The van der Waals surface area contributed by atoms with E-state index in [4.69, 9.17) is 16.7 Å². The van der Waals surface area contributed by atoms with Gasteiger partial charge in [0.25, 0.3) is 5.91 Å². The number of aliphatic carboxylic acids is 1. The zero-order valence-corrected chi connectivity index (χ0v) is 11.7. The molecule has 3 N–H and O–H groups in total. The summed E-state index contributed by atoms with van der Waals surface area (Å²) in [4.78, 5) is 25.5. The molecule has 2 rings (SSSR count). The lowest BCUT2D eigenvalue weighted by Crippen LogP contribution is -2.33. The van der Waals surface area contributed by atoms with Gasteiger partial charge in [-0.2, -0.15) is 0 Å². The topological polar surface area (TPSA) is 82.2 Å². The number of carboxylic acids is 1. The molecule has 2 aromatic rings. The minimum absolute atomic E-state index is 0.0315. The van der Waals surface area contributed by atoms with E-state index in [1.807, 2.05) is 6.07 Å². The fraction of sp³-hybridized carbons (Fsp3) is 0.286. The predicted octanol–water partition coefficient (Wildman–Crippen LogP) is 2.80. The van der Waals surface area contributed by atoms with Crippen LogP contribution in [0, 0.1) is 0 Å². The molecule has 6 heteroatoms. The molecule has 0 spiro atoms. The van der Waals surface area contributed by atoms with Crippen LogP contribution >= 0.6 is 11.6 Å². The van der Waals surface area contributed by atoms with Crippen LogP contribution in [0.15, 0.2) is 24.3 Å². The second kappa shape index (κ2) is 5.96. The smallest absolute Gasteiger partial charge is 0.303 e. The van der Waals surface area contributed by atoms with Gasteiger partial charge in [-0.25, -0.2) is 0 Å². The maximum Gasteiger partial charge on any atom is 0.303 e. The van der Waals surface area contributed by atoms with Gasteiger partial charge in [0.1, 0.15) is 5.69 Å². The van der Waals surface area contributed by atoms with Crippen LogP contribution in [0.2, 0.25) is 5.02 Å². The molecule has 106 valence electrons. The number of hydrogen-bond acceptors (Lipinski definition) is 2. The van der Waals surface area contributed by atoms with Gasteiger partial charge in [-0.05, 0) is 31.5 Å². The molecular weight excluding hydrogens is 280 g/mol. The van der Waals surface area contributed by atoms with E-state index in [-0.39, 0.29) is 18.4 Å². The molecule has 0 aliphatic rings. The van der Waals surface area contributed by atoms with Gasteiger partial charge in [-0.15, -0.1) is 0 Å². The Morgan fingerprint density at radius 2 is 2.15 bits per heavy atom. The number of H-pyrrole nitrogens is 1. The highest BCUT2D eigenvalue weighted by Gasteiger charge is 2.13. The monoisotopic (exact) mass is 294 g/mol. The summed E-state index contributed by atoms with van der Waals surface area (Å²) in [7, 11) is 0. The Bertz CT molecular complexity index is 651. The molecular formula is C14H15ClN2O3. The standard InChI is InChI=1S/C14H15ClN2O3/c1-8(2-5-13(18)19)16-14(20)12-6-9-3-4-10(15)7-11(9)17-12/h3-4,6-8,17H,2,5H2,1H3,(H,16,20)(H,18,19). The Balaban J connectivity index is 2.05. The first-order valence-corrected chi connectivity index (χ1v) is 6.64. The first-order valence-electron chi connectivity index (χ1n) is 6.26. The van der Waals surface area contributed by atoms with Crippen LogP contribution in [-0.2, 0) is 4.79 Å². The first-order chi connectivity index (χ1) is 9.45. The molecule has 20 heavy (non-hydrogen) atoms. The summed E-state index contributed by atoms with van der Waals surface area (Å²) in [6.07, 6.45) is 0.427. The number of carbonyl (C=O) groups is 2. The van der Waals surface area contributed by atoms with Crippen LogP contribution in [0.3, 0.4) is 0 Å². The van der Waals surface area contributed by atoms with Crippen LogP contribution in [0.5, 0.6) is 0 Å². The summed E-state index contributed by atoms with van der Waals surface area (Å²) in [5, 5.41) is 12.9. The lowest BCUT2D eigenvalue weighted by atomic mass is 10.2. The highest BCUT2D eigenvalue weighted by molar-refractivity contribution is 6.31. The fourth-order valence-electron chi connectivity index (χ4n) is 1.94. The number of amides is 1. The second-order valence-electron chi connectivity index (χ2n) is 4.72. The lowest BCUT2D eigenvalue weighted by molar-refractivity contribution is -0.137. The van der Waals surface area contributed by atoms with E-state index in [1.54, 1.807) is 25.1 Å². The fourth-order valence-corrected chi connectivity index (χ4v) is 2.11. The maximum atomic E-state index is 12.0. The normalized spacial score (nSPS) is 12.3. The van der Waals surface area contributed by atoms with Crippen LogP contribution in [0.1, 0.15) is 30.3 Å². The molecule has 1 amide bonds. The van der Waals surface area contributed by atoms with Crippen molar-refractivity contribution in [1.29, 1.82) is 0 Å². The van der Waals surface area contributed by atoms with Gasteiger partial charge < -0.3 is 15.4 Å². The van der Waals surface area contributed by atoms with E-state index < -0.39 is 5.97 Å². The third kappa shape index (κ3) is 3.51. The average Bonchev–Trinajstić information content (AvgIpc) is 2.79. The average molecular weight is 295 g/mol. The highest BCUT2D eigenvalue weighted by atomic mass is 35.5. The third-order valence-corrected chi connectivity index (χ3v) is 3.23. The van der Waals surface area contributed by atoms with Gasteiger partial charge >= 0.3 is 5.97 Å². The van der Waals surface area contributed by atoms with Crippen molar-refractivity contribution in [1.82, 2.24) is 10.3 Å². The number of aromatic amines is 1. The van der Waals surface area contributed by atoms with Gasteiger partial charge in [0.05, 0.1) is 0 Å². The molecule has 0 aliphatic heterocycles. The largest absolute Gasteiger partial charge is 0.481 e. The molecule has 0 aliphatic carbocycles. The van der Waals surface area contributed by atoms with E-state index >= 15 is 0 Å². The maximum absolute atomic E-state index is 12.0. The summed E-state index contributed by atoms with van der Waals surface area (Å²) >= 11 is 5.89. The lowest BCUT2D eigenvalue weighted by Gasteiger charge is -2.11. The molecule has 0 saturated heterocycles. The molecule has 1 unspecified atom stereocenters. The van der Waals surface area contributed by atoms with Crippen molar-refractivity contribution in [2.24, 2.45) is 0 Å². The van der Waals surface area contributed by atoms with Gasteiger partial charge in [0.2, 0.25) is 0 Å². The molecule has 1 atom stereocenters. The van der Waals surface area contributed by atoms with Crippen LogP contribution in [-0.4, -0.2) is 28.0 Å². The summed E-state index contributed by atoms with van der Waals surface area (Å²) in [5.41, 5.74) is 1.23. The first kappa shape index (κ1) is 14.4. The molecule has 1 heterocycles. The molecule has 0 fully saturated rings. The van der Waals surface area contributed by atoms with Crippen LogP contribution < -0.4 is 5.32 Å². The van der Waals surface area contributed by atoms with E-state index in [1.165, 1.54) is 0 Å². The quantitative estimate of drug-likeness (QED) is 0.793. The number of aromatic nitrogens is 1. The number of nitrogens with one attached hydrogen (secondary N) is 2. The third-order valence-electron chi connectivity index (χ3n) is 3.00. The Morgan fingerprint density at radius 1 is 1.40 bits per heavy atom. The van der Waals surface area contributed by atoms with Crippen molar-refractivity contribution in [3.8, 4) is 0 Å². The molecule has 1 aromatic carbocycles. The zero-order valence-electron chi connectivity index (χ0n) is 10.9. The van der Waals surface area contributed by atoms with Crippen molar-refractivity contribution in [3.63, 3.8) is 0 Å². The van der Waals surface area contributed by atoms with E-state index in [9.17, 15) is 9.59 Å². The van der Waals surface area contributed by atoms with E-state index in [2.05, 4.69) is 10.3 Å². The molecule has 0 bridgehead atoms. The Labute approximate surface area is 120 Å². The van der Waals surface area contributed by atoms with Crippen molar-refractivity contribution >= 4 is 34.4 Å². The Morgan fingerprint density at radius 3 is 2.85 bits per heavy atom. The van der Waals surface area contributed by atoms with Crippen molar-refractivity contribution < 1.29 is 14.7 Å². The van der Waals surface area contributed by atoms with Crippen molar-refractivity contribution in [3.05, 3.63) is 35.0 Å². The number of fused-ring (bicyclic) bond motifs is 1. The van der Waals surface area contributed by atoms with Crippen molar-refractivity contribution in [2.75, 3.05) is 0 Å². The van der Waals surface area contributed by atoms with E-state index in [0.717, 1.165) is 10.9 Å². The van der Waals surface area contributed by atoms with Gasteiger partial charge in [0.15, 0.2) is 0 Å². The van der Waals surface area contributed by atoms with E-state index in [0.29, 0.717) is 17.1 Å². The minimum Gasteiger partial charge on any atom is -0.481 e. The molecule has 1 aromatic heterocycles. The zero-order chi connectivity index (χ0) is 14.7. The summed E-state index contributed by atoms with van der Waals surface area (Å²) in [6.45, 7) is 1.78. The van der Waals surface area contributed by atoms with Crippen LogP contribution in [0.4, 0.5) is 0 Å². The minimum atomic E-state index is -0.869. The number of carboxylic acid groups (broad SMARTS) is 1. The van der Waals surface area contributed by atoms with Gasteiger partial charge in [-0.1, -0.05) is 17.7 Å². The number of hydrogen-bond donors (Lipinski definition) is 3. The second-order valence-corrected chi connectivity index (χ2v) is 5.16.